The normalized spacial score (nSPS) is 14.0. The van der Waals surface area contributed by atoms with E-state index in [4.69, 9.17) is 0 Å². The second-order valence-corrected chi connectivity index (χ2v) is 7.32. The minimum Gasteiger partial charge on any atom is -0.259 e. The van der Waals surface area contributed by atoms with Gasteiger partial charge in [-0.3, -0.25) is 4.21 Å². The van der Waals surface area contributed by atoms with Crippen molar-refractivity contribution in [3.8, 4) is 0 Å². The maximum Gasteiger partial charge on any atom is 0.127 e. The van der Waals surface area contributed by atoms with Crippen LogP contribution in [0.2, 0.25) is 0 Å². The van der Waals surface area contributed by atoms with Gasteiger partial charge in [-0.1, -0.05) is 35.9 Å². The van der Waals surface area contributed by atoms with Gasteiger partial charge in [0.15, 0.2) is 0 Å². The predicted molar refractivity (Wildman–Crippen MR) is 87.3 cm³/mol. The highest BCUT2D eigenvalue weighted by atomic mass is 32.2. The lowest BCUT2D eigenvalue weighted by molar-refractivity contribution is 0.606. The van der Waals surface area contributed by atoms with Crippen LogP contribution in [0.1, 0.15) is 40.0 Å². The summed E-state index contributed by atoms with van der Waals surface area (Å²) in [6, 6.07) is 10.8. The molecule has 0 fully saturated rings. The van der Waals surface area contributed by atoms with E-state index in [0.717, 1.165) is 16.7 Å². The lowest BCUT2D eigenvalue weighted by Crippen LogP contribution is -2.09. The van der Waals surface area contributed by atoms with Crippen LogP contribution in [0.4, 0.5) is 4.39 Å². The van der Waals surface area contributed by atoms with Crippen molar-refractivity contribution in [3.63, 3.8) is 0 Å². The molecule has 0 unspecified atom stereocenters. The largest absolute Gasteiger partial charge is 0.259 e. The molecule has 0 heterocycles. The van der Waals surface area contributed by atoms with E-state index in [9.17, 15) is 8.60 Å². The molecule has 112 valence electrons. The Balaban J connectivity index is 2.25. The van der Waals surface area contributed by atoms with E-state index in [0.29, 0.717) is 11.3 Å². The van der Waals surface area contributed by atoms with E-state index in [-0.39, 0.29) is 11.1 Å². The number of rotatable bonds is 4. The van der Waals surface area contributed by atoms with E-state index in [1.54, 1.807) is 18.2 Å². The molecule has 0 saturated heterocycles. The Kier molecular flexibility index (Phi) is 4.94. The maximum absolute atomic E-state index is 13.8. The van der Waals surface area contributed by atoms with Crippen LogP contribution in [0.5, 0.6) is 0 Å². The van der Waals surface area contributed by atoms with Crippen molar-refractivity contribution in [2.24, 2.45) is 0 Å². The van der Waals surface area contributed by atoms with Gasteiger partial charge in [-0.05, 0) is 50.5 Å². The third-order valence-electron chi connectivity index (χ3n) is 3.86. The number of hydrogen-bond acceptors (Lipinski definition) is 1. The van der Waals surface area contributed by atoms with Gasteiger partial charge in [-0.2, -0.15) is 0 Å². The van der Waals surface area contributed by atoms with E-state index in [2.05, 4.69) is 19.1 Å². The summed E-state index contributed by atoms with van der Waals surface area (Å²) in [5, 5.41) is -0.314. The van der Waals surface area contributed by atoms with Gasteiger partial charge >= 0.3 is 0 Å². The second kappa shape index (κ2) is 6.52. The highest BCUT2D eigenvalue weighted by Crippen LogP contribution is 2.26. The van der Waals surface area contributed by atoms with Crippen molar-refractivity contribution in [2.75, 3.05) is 0 Å². The number of benzene rings is 2. The van der Waals surface area contributed by atoms with Crippen LogP contribution in [-0.2, 0) is 16.6 Å². The molecule has 0 spiro atoms. The van der Waals surface area contributed by atoms with Crippen LogP contribution in [-0.4, -0.2) is 4.21 Å². The summed E-state index contributed by atoms with van der Waals surface area (Å²) >= 11 is 0. The molecule has 0 saturated carbocycles. The minimum absolute atomic E-state index is 0.282. The first-order valence-corrected chi connectivity index (χ1v) is 8.46. The van der Waals surface area contributed by atoms with Crippen molar-refractivity contribution in [2.45, 2.75) is 38.7 Å². The first-order valence-electron chi connectivity index (χ1n) is 7.08. The molecule has 0 radical (unpaired) electrons. The fourth-order valence-corrected chi connectivity index (χ4v) is 4.12. The fourth-order valence-electron chi connectivity index (χ4n) is 2.65. The van der Waals surface area contributed by atoms with E-state index in [1.165, 1.54) is 11.6 Å². The van der Waals surface area contributed by atoms with Crippen LogP contribution < -0.4 is 0 Å². The molecule has 2 atom stereocenters. The van der Waals surface area contributed by atoms with Crippen LogP contribution in [0.3, 0.4) is 0 Å². The Bertz CT molecular complexity index is 656. The molecule has 2 aromatic rings. The summed E-state index contributed by atoms with van der Waals surface area (Å²) in [4.78, 5) is 0. The summed E-state index contributed by atoms with van der Waals surface area (Å²) in [6.45, 7) is 7.97. The molecule has 1 nitrogen and oxygen atoms in total. The SMILES string of the molecule is Cc1cc(C)c(C[S@@](=O)[C@@H](C)c2ccccc2F)c(C)c1. The zero-order chi connectivity index (χ0) is 15.6. The average molecular weight is 304 g/mol. The summed E-state index contributed by atoms with van der Waals surface area (Å²) < 4.78 is 26.4. The van der Waals surface area contributed by atoms with Gasteiger partial charge in [-0.15, -0.1) is 0 Å². The molecule has 0 N–H and O–H groups in total. The molecule has 0 aromatic heterocycles. The highest BCUT2D eigenvalue weighted by Gasteiger charge is 2.18. The minimum atomic E-state index is -1.14. The van der Waals surface area contributed by atoms with Gasteiger partial charge in [0.1, 0.15) is 5.82 Å². The molecule has 0 aliphatic heterocycles. The lowest BCUT2D eigenvalue weighted by atomic mass is 10.0. The topological polar surface area (TPSA) is 17.1 Å². The van der Waals surface area contributed by atoms with E-state index >= 15 is 0 Å². The van der Waals surface area contributed by atoms with Crippen LogP contribution in [0.25, 0.3) is 0 Å². The number of aryl methyl sites for hydroxylation is 3. The smallest absolute Gasteiger partial charge is 0.127 e. The zero-order valence-corrected chi connectivity index (χ0v) is 13.8. The monoisotopic (exact) mass is 304 g/mol. The van der Waals surface area contributed by atoms with Crippen molar-refractivity contribution < 1.29 is 8.60 Å². The fraction of sp³-hybridized carbons (Fsp3) is 0.333. The molecule has 2 aromatic carbocycles. The van der Waals surface area contributed by atoms with Gasteiger partial charge in [0.05, 0.1) is 5.25 Å². The van der Waals surface area contributed by atoms with E-state index < -0.39 is 10.8 Å². The Hall–Kier alpha value is -1.48. The van der Waals surface area contributed by atoms with Gasteiger partial charge in [0.2, 0.25) is 0 Å². The molecule has 0 amide bonds. The first-order chi connectivity index (χ1) is 9.90. The predicted octanol–water partition coefficient (Wildman–Crippen LogP) is 4.76. The van der Waals surface area contributed by atoms with Gasteiger partial charge in [0.25, 0.3) is 0 Å². The molecule has 0 aliphatic carbocycles. The molecule has 3 heteroatoms. The third-order valence-corrected chi connectivity index (χ3v) is 5.48. The average Bonchev–Trinajstić information content (AvgIpc) is 2.42. The number of hydrogen-bond donors (Lipinski definition) is 0. The molecule has 2 rings (SSSR count). The molecule has 0 bridgehead atoms. The summed E-state index contributed by atoms with van der Waals surface area (Å²) in [6.07, 6.45) is 0. The quantitative estimate of drug-likeness (QED) is 0.796. The van der Waals surface area contributed by atoms with Gasteiger partial charge in [0, 0.05) is 22.1 Å². The van der Waals surface area contributed by atoms with Gasteiger partial charge in [-0.25, -0.2) is 4.39 Å². The number of halogens is 1. The van der Waals surface area contributed by atoms with Crippen LogP contribution >= 0.6 is 0 Å². The van der Waals surface area contributed by atoms with Crippen molar-refractivity contribution in [1.82, 2.24) is 0 Å². The van der Waals surface area contributed by atoms with Crippen LogP contribution in [0, 0.1) is 26.6 Å². The summed E-state index contributed by atoms with van der Waals surface area (Å²) in [7, 11) is -1.14. The molecular weight excluding hydrogens is 283 g/mol. The standard InChI is InChI=1S/C18H21FOS/c1-12-9-13(2)17(14(3)10-12)11-21(20)15(4)16-7-5-6-8-18(16)19/h5-10,15H,11H2,1-4H3/t15-,21+/m0/s1. The molecule has 0 aliphatic rings. The van der Waals surface area contributed by atoms with Crippen molar-refractivity contribution >= 4 is 10.8 Å². The van der Waals surface area contributed by atoms with Crippen molar-refractivity contribution in [1.29, 1.82) is 0 Å². The highest BCUT2D eigenvalue weighted by molar-refractivity contribution is 7.84. The van der Waals surface area contributed by atoms with E-state index in [1.807, 2.05) is 20.8 Å². The van der Waals surface area contributed by atoms with Crippen molar-refractivity contribution in [3.05, 3.63) is 70.0 Å². The Morgan fingerprint density at radius 2 is 1.67 bits per heavy atom. The lowest BCUT2D eigenvalue weighted by Gasteiger charge is -2.16. The van der Waals surface area contributed by atoms with Gasteiger partial charge < -0.3 is 0 Å². The Morgan fingerprint density at radius 3 is 2.24 bits per heavy atom. The summed E-state index contributed by atoms with van der Waals surface area (Å²) in [5.74, 6) is 0.184. The van der Waals surface area contributed by atoms with Crippen LogP contribution in [0.15, 0.2) is 36.4 Å². The second-order valence-electron chi connectivity index (χ2n) is 5.57. The first kappa shape index (κ1) is 15.9. The Labute approximate surface area is 128 Å². The molecule has 21 heavy (non-hydrogen) atoms. The zero-order valence-electron chi connectivity index (χ0n) is 12.9. The maximum atomic E-state index is 13.8. The molecular formula is C18H21FOS. The Morgan fingerprint density at radius 1 is 1.10 bits per heavy atom. The summed E-state index contributed by atoms with van der Waals surface area (Å²) in [5.41, 5.74) is 5.16. The third kappa shape index (κ3) is 3.59.